The fourth-order valence-corrected chi connectivity index (χ4v) is 8.95. The average molecular weight is 757 g/mol. The Labute approximate surface area is 318 Å². The molecule has 290 valence electrons. The quantitative estimate of drug-likeness (QED) is 0.194. The topological polar surface area (TPSA) is 167 Å². The molecule has 1 heterocycles. The number of fused-ring (bicyclic) bond motifs is 1. The molecule has 6 rings (SSSR count). The molecular weight excluding hydrogens is 712 g/mol. The van der Waals surface area contributed by atoms with Crippen molar-refractivity contribution in [2.24, 2.45) is 17.3 Å². The van der Waals surface area contributed by atoms with Crippen LogP contribution < -0.4 is 0 Å². The lowest BCUT2D eigenvalue weighted by Gasteiger charge is -2.64. The maximum absolute atomic E-state index is 14.2. The van der Waals surface area contributed by atoms with Crippen LogP contribution in [0.1, 0.15) is 79.0 Å². The lowest BCUT2D eigenvalue weighted by molar-refractivity contribution is -0.327. The molecule has 1 saturated heterocycles. The first-order valence-electron chi connectivity index (χ1n) is 18.1. The van der Waals surface area contributed by atoms with Crippen LogP contribution in [0.2, 0.25) is 0 Å². The highest BCUT2D eigenvalue weighted by Gasteiger charge is 2.86. The van der Waals surface area contributed by atoms with Crippen molar-refractivity contribution in [1.82, 2.24) is 0 Å². The third kappa shape index (κ3) is 7.08. The van der Waals surface area contributed by atoms with Crippen molar-refractivity contribution in [2.45, 2.75) is 89.7 Å². The Hall–Kier alpha value is -5.56. The molecule has 2 bridgehead atoms. The van der Waals surface area contributed by atoms with Crippen molar-refractivity contribution in [3.63, 3.8) is 0 Å². The molecule has 55 heavy (non-hydrogen) atoms. The van der Waals surface area contributed by atoms with E-state index in [1.807, 2.05) is 0 Å². The summed E-state index contributed by atoms with van der Waals surface area (Å²) in [6.45, 7) is 8.06. The van der Waals surface area contributed by atoms with Crippen LogP contribution in [0.5, 0.6) is 0 Å². The molecule has 3 aromatic carbocycles. The standard InChI is InChI=1S/C42H44O13/c1-24-22-31(52-37(46)28-16-10-7-11-17-28)34(54-39(48)30-20-14-9-15-21-30)41(23-49-25(2)43)36(51-27(4)45)33(53-38(47)29-18-12-8-13-19-29)32-35(50-26(3)44)42(24,41)55-40(32,5)6/h7-21,24,31-36H,22-23H2,1-6H3/t24-,31-,32-,33+,34-,35+,36+,41-,42+/m0/s1. The monoisotopic (exact) mass is 756 g/mol. The van der Waals surface area contributed by atoms with E-state index in [1.54, 1.807) is 87.5 Å². The van der Waals surface area contributed by atoms with Crippen molar-refractivity contribution < 1.29 is 61.9 Å². The summed E-state index contributed by atoms with van der Waals surface area (Å²) in [4.78, 5) is 81.3. The van der Waals surface area contributed by atoms with E-state index >= 15 is 0 Å². The minimum Gasteiger partial charge on any atom is -0.465 e. The van der Waals surface area contributed by atoms with E-state index in [2.05, 4.69) is 0 Å². The van der Waals surface area contributed by atoms with Gasteiger partial charge in [0.1, 0.15) is 35.9 Å². The number of esters is 6. The third-order valence-corrected chi connectivity index (χ3v) is 10.9. The van der Waals surface area contributed by atoms with Crippen LogP contribution >= 0.6 is 0 Å². The van der Waals surface area contributed by atoms with Gasteiger partial charge in [0, 0.05) is 20.8 Å². The van der Waals surface area contributed by atoms with Crippen molar-refractivity contribution in [3.8, 4) is 0 Å². The molecule has 2 saturated carbocycles. The molecular formula is C42H44O13. The highest BCUT2D eigenvalue weighted by atomic mass is 16.6. The van der Waals surface area contributed by atoms with Gasteiger partial charge in [-0.05, 0) is 62.6 Å². The van der Waals surface area contributed by atoms with Crippen molar-refractivity contribution in [2.75, 3.05) is 6.61 Å². The zero-order valence-electron chi connectivity index (χ0n) is 31.4. The van der Waals surface area contributed by atoms with Gasteiger partial charge >= 0.3 is 35.8 Å². The largest absolute Gasteiger partial charge is 0.465 e. The van der Waals surface area contributed by atoms with Crippen LogP contribution in [0.15, 0.2) is 91.0 Å². The second kappa shape index (κ2) is 15.3. The van der Waals surface area contributed by atoms with Gasteiger partial charge in [0.05, 0.1) is 28.2 Å². The Bertz CT molecular complexity index is 1930. The summed E-state index contributed by atoms with van der Waals surface area (Å²) in [5, 5.41) is 0. The average Bonchev–Trinajstić information content (AvgIpc) is 3.34. The molecule has 0 N–H and O–H groups in total. The highest BCUT2D eigenvalue weighted by molar-refractivity contribution is 5.91. The number of rotatable bonds is 10. The van der Waals surface area contributed by atoms with Crippen LogP contribution in [0, 0.1) is 17.3 Å². The Morgan fingerprint density at radius 2 is 1.05 bits per heavy atom. The molecule has 13 nitrogen and oxygen atoms in total. The number of carbonyl (C=O) groups excluding carboxylic acids is 6. The fourth-order valence-electron chi connectivity index (χ4n) is 8.95. The predicted molar refractivity (Wildman–Crippen MR) is 192 cm³/mol. The predicted octanol–water partition coefficient (Wildman–Crippen LogP) is 5.29. The Morgan fingerprint density at radius 3 is 1.53 bits per heavy atom. The van der Waals surface area contributed by atoms with E-state index in [0.29, 0.717) is 0 Å². The molecule has 3 fully saturated rings. The van der Waals surface area contributed by atoms with Gasteiger partial charge in [-0.3, -0.25) is 14.4 Å². The number of hydrogen-bond donors (Lipinski definition) is 0. The lowest BCUT2D eigenvalue weighted by Crippen LogP contribution is -2.81. The lowest BCUT2D eigenvalue weighted by atomic mass is 9.47. The molecule has 2 aliphatic carbocycles. The van der Waals surface area contributed by atoms with E-state index in [-0.39, 0.29) is 23.1 Å². The zero-order chi connectivity index (χ0) is 39.7. The van der Waals surface area contributed by atoms with Gasteiger partial charge in [0.2, 0.25) is 0 Å². The maximum Gasteiger partial charge on any atom is 0.338 e. The van der Waals surface area contributed by atoms with Gasteiger partial charge in [-0.15, -0.1) is 0 Å². The van der Waals surface area contributed by atoms with E-state index in [9.17, 15) is 28.8 Å². The molecule has 0 radical (unpaired) electrons. The SMILES string of the molecule is CC(=O)OC[C@]12[C@H](OC(C)=O)[C@H](OC(=O)c3ccccc3)[C@H]3[C@@H](OC(C)=O)[C@]1(OC3(C)C)[C@@H](C)C[C@H](OC(=O)c1ccccc1)[C@@H]2OC(=O)c1ccccc1. The van der Waals surface area contributed by atoms with Crippen LogP contribution in [-0.4, -0.2) is 84.1 Å². The fraction of sp³-hybridized carbons (Fsp3) is 0.429. The molecule has 0 aromatic heterocycles. The Morgan fingerprint density at radius 1 is 0.600 bits per heavy atom. The second-order valence-corrected chi connectivity index (χ2v) is 14.8. The molecule has 3 aliphatic rings. The van der Waals surface area contributed by atoms with Crippen LogP contribution in [0.25, 0.3) is 0 Å². The molecule has 9 atom stereocenters. The normalized spacial score (nSPS) is 30.1. The molecule has 1 aliphatic heterocycles. The highest BCUT2D eigenvalue weighted by Crippen LogP contribution is 2.68. The molecule has 3 aromatic rings. The molecule has 0 unspecified atom stereocenters. The Balaban J connectivity index is 1.65. The number of benzene rings is 3. The summed E-state index contributed by atoms with van der Waals surface area (Å²) in [7, 11) is 0. The number of carbonyl (C=O) groups is 6. The minimum atomic E-state index is -2.07. The van der Waals surface area contributed by atoms with Gasteiger partial charge in [-0.25, -0.2) is 14.4 Å². The zero-order valence-corrected chi connectivity index (χ0v) is 31.4. The molecule has 0 amide bonds. The summed E-state index contributed by atoms with van der Waals surface area (Å²) < 4.78 is 44.4. The van der Waals surface area contributed by atoms with Gasteiger partial charge < -0.3 is 33.2 Å². The first-order chi connectivity index (χ1) is 26.1. The van der Waals surface area contributed by atoms with Gasteiger partial charge in [0.15, 0.2) is 12.2 Å². The summed E-state index contributed by atoms with van der Waals surface area (Å²) in [5.74, 6) is -6.47. The summed E-state index contributed by atoms with van der Waals surface area (Å²) in [5.41, 5.74) is -4.67. The van der Waals surface area contributed by atoms with Crippen molar-refractivity contribution in [3.05, 3.63) is 108 Å². The van der Waals surface area contributed by atoms with Crippen LogP contribution in [-0.2, 0) is 47.5 Å². The summed E-state index contributed by atoms with van der Waals surface area (Å²) in [6, 6.07) is 24.3. The second-order valence-electron chi connectivity index (χ2n) is 14.8. The first kappa shape index (κ1) is 39.1. The van der Waals surface area contributed by atoms with E-state index in [1.165, 1.54) is 31.2 Å². The van der Waals surface area contributed by atoms with Gasteiger partial charge in [-0.2, -0.15) is 0 Å². The van der Waals surface area contributed by atoms with E-state index < -0.39 is 101 Å². The Kier molecular flexibility index (Phi) is 10.9. The van der Waals surface area contributed by atoms with Gasteiger partial charge in [-0.1, -0.05) is 61.5 Å². The first-order valence-corrected chi connectivity index (χ1v) is 18.1. The van der Waals surface area contributed by atoms with E-state index in [0.717, 1.165) is 13.8 Å². The molecule has 1 spiro atoms. The maximum atomic E-state index is 14.2. The number of hydrogen-bond acceptors (Lipinski definition) is 13. The summed E-state index contributed by atoms with van der Waals surface area (Å²) in [6.07, 6.45) is -7.31. The molecule has 13 heteroatoms. The van der Waals surface area contributed by atoms with E-state index in [4.69, 9.17) is 33.2 Å². The van der Waals surface area contributed by atoms with Crippen molar-refractivity contribution in [1.29, 1.82) is 0 Å². The van der Waals surface area contributed by atoms with Crippen molar-refractivity contribution >= 4 is 35.8 Å². The smallest absolute Gasteiger partial charge is 0.338 e. The van der Waals surface area contributed by atoms with Crippen LogP contribution in [0.4, 0.5) is 0 Å². The minimum absolute atomic E-state index is 0.0189. The summed E-state index contributed by atoms with van der Waals surface area (Å²) >= 11 is 0. The van der Waals surface area contributed by atoms with Gasteiger partial charge in [0.25, 0.3) is 0 Å². The number of ether oxygens (including phenoxy) is 7. The van der Waals surface area contributed by atoms with Crippen LogP contribution in [0.3, 0.4) is 0 Å². The third-order valence-electron chi connectivity index (χ3n) is 10.9.